The summed E-state index contributed by atoms with van der Waals surface area (Å²) in [4.78, 5) is 25.4. The maximum Gasteiger partial charge on any atom is 0.420 e. The van der Waals surface area contributed by atoms with Crippen LogP contribution in [-0.2, 0) is 14.4 Å². The molecule has 1 rings (SSSR count). The number of carbonyl (C=O) groups excluding carboxylic acids is 2. The molecule has 0 unspecified atom stereocenters. The third kappa shape index (κ3) is 3.04. The van der Waals surface area contributed by atoms with Gasteiger partial charge in [0.2, 0.25) is 0 Å². The molecule has 0 radical (unpaired) electrons. The second-order valence-corrected chi connectivity index (χ2v) is 2.85. The highest BCUT2D eigenvalue weighted by Crippen LogP contribution is 2.28. The van der Waals surface area contributed by atoms with Crippen molar-refractivity contribution in [3.63, 3.8) is 0 Å². The summed E-state index contributed by atoms with van der Waals surface area (Å²) >= 11 is 0. The molecule has 0 aromatic rings. The Hall–Kier alpha value is -1.92. The smallest absolute Gasteiger partial charge is 0.318 e. The molecule has 1 aliphatic rings. The number of rotatable bonds is 1. The lowest BCUT2D eigenvalue weighted by molar-refractivity contribution is -0.140. The maximum atomic E-state index is 12.3. The summed E-state index contributed by atoms with van der Waals surface area (Å²) in [6.07, 6.45) is -2.49. The standard InChI is InChI=1S/C9H6F3NO3/c1-5(14)16-13-6-2-3-8(15)7(4-6)9(10,11)12/h2-4H,1H3/b13-6+. The molecule has 0 aliphatic heterocycles. The Morgan fingerprint density at radius 1 is 1.38 bits per heavy atom. The second-order valence-electron chi connectivity index (χ2n) is 2.85. The fraction of sp³-hybridized carbons (Fsp3) is 0.222. The van der Waals surface area contributed by atoms with Gasteiger partial charge in [-0.25, -0.2) is 4.79 Å². The highest BCUT2D eigenvalue weighted by molar-refractivity contribution is 6.19. The lowest BCUT2D eigenvalue weighted by Crippen LogP contribution is -2.22. The Labute approximate surface area is 88.1 Å². The van der Waals surface area contributed by atoms with E-state index < -0.39 is 23.5 Å². The van der Waals surface area contributed by atoms with E-state index in [2.05, 4.69) is 9.99 Å². The molecule has 0 spiro atoms. The number of alkyl halides is 3. The molecule has 86 valence electrons. The third-order valence-corrected chi connectivity index (χ3v) is 1.55. The molecule has 0 aromatic heterocycles. The molecule has 0 saturated carbocycles. The van der Waals surface area contributed by atoms with Gasteiger partial charge >= 0.3 is 12.1 Å². The summed E-state index contributed by atoms with van der Waals surface area (Å²) in [7, 11) is 0. The molecule has 0 saturated heterocycles. The summed E-state index contributed by atoms with van der Waals surface area (Å²) in [5.41, 5.74) is -1.59. The van der Waals surface area contributed by atoms with Crippen LogP contribution in [0, 0.1) is 0 Å². The lowest BCUT2D eigenvalue weighted by Gasteiger charge is -2.11. The molecule has 0 atom stereocenters. The first-order valence-electron chi connectivity index (χ1n) is 4.07. The van der Waals surface area contributed by atoms with Crippen molar-refractivity contribution in [3.05, 3.63) is 23.8 Å². The van der Waals surface area contributed by atoms with E-state index in [0.717, 1.165) is 13.0 Å². The van der Waals surface area contributed by atoms with E-state index in [1.165, 1.54) is 0 Å². The fourth-order valence-corrected chi connectivity index (χ4v) is 0.913. The Morgan fingerprint density at radius 3 is 2.50 bits per heavy atom. The van der Waals surface area contributed by atoms with E-state index in [-0.39, 0.29) is 5.71 Å². The minimum absolute atomic E-state index is 0.248. The number of nitrogens with zero attached hydrogens (tertiary/aromatic N) is 1. The van der Waals surface area contributed by atoms with Crippen LogP contribution in [0.3, 0.4) is 0 Å². The van der Waals surface area contributed by atoms with Crippen molar-refractivity contribution in [2.75, 3.05) is 0 Å². The van der Waals surface area contributed by atoms with Gasteiger partial charge in [-0.15, -0.1) is 0 Å². The molecule has 1 aliphatic carbocycles. The number of ketones is 1. The molecule has 0 aromatic carbocycles. The van der Waals surface area contributed by atoms with Gasteiger partial charge in [0.1, 0.15) is 11.3 Å². The average Bonchev–Trinajstić information content (AvgIpc) is 2.14. The van der Waals surface area contributed by atoms with Gasteiger partial charge in [0.25, 0.3) is 0 Å². The number of halogens is 3. The van der Waals surface area contributed by atoms with Crippen molar-refractivity contribution >= 4 is 17.5 Å². The second kappa shape index (κ2) is 4.30. The lowest BCUT2D eigenvalue weighted by atomic mass is 10.0. The number of hydrogen-bond acceptors (Lipinski definition) is 4. The minimum atomic E-state index is -4.75. The van der Waals surface area contributed by atoms with Crippen LogP contribution < -0.4 is 0 Å². The summed E-state index contributed by atoms with van der Waals surface area (Å²) < 4.78 is 36.8. The molecule has 16 heavy (non-hydrogen) atoms. The predicted octanol–water partition coefficient (Wildman–Crippen LogP) is 1.53. The molecular weight excluding hydrogens is 227 g/mol. The topological polar surface area (TPSA) is 55.7 Å². The SMILES string of the molecule is CC(=O)O/N=C1\C=CC(=O)C(C(F)(F)F)=C1. The summed E-state index contributed by atoms with van der Waals surface area (Å²) in [6, 6.07) is 0. The predicted molar refractivity (Wildman–Crippen MR) is 47.5 cm³/mol. The van der Waals surface area contributed by atoms with E-state index >= 15 is 0 Å². The third-order valence-electron chi connectivity index (χ3n) is 1.55. The Kier molecular flexibility index (Phi) is 3.26. The van der Waals surface area contributed by atoms with E-state index in [9.17, 15) is 22.8 Å². The first kappa shape index (κ1) is 12.2. The van der Waals surface area contributed by atoms with Gasteiger partial charge in [-0.1, -0.05) is 5.16 Å². The molecule has 0 fully saturated rings. The summed E-state index contributed by atoms with van der Waals surface area (Å²) in [5.74, 6) is -1.92. The fourth-order valence-electron chi connectivity index (χ4n) is 0.913. The summed E-state index contributed by atoms with van der Waals surface area (Å²) in [5, 5.41) is 3.13. The average molecular weight is 233 g/mol. The van der Waals surface area contributed by atoms with Gasteiger partial charge < -0.3 is 4.84 Å². The molecular formula is C9H6F3NO3. The molecule has 0 amide bonds. The van der Waals surface area contributed by atoms with Crippen molar-refractivity contribution in [1.82, 2.24) is 0 Å². The minimum Gasteiger partial charge on any atom is -0.318 e. The number of hydrogen-bond donors (Lipinski definition) is 0. The molecule has 7 heteroatoms. The van der Waals surface area contributed by atoms with E-state index in [0.29, 0.717) is 12.2 Å². The largest absolute Gasteiger partial charge is 0.420 e. The van der Waals surface area contributed by atoms with Crippen LogP contribution >= 0.6 is 0 Å². The summed E-state index contributed by atoms with van der Waals surface area (Å²) in [6.45, 7) is 1.05. The highest BCUT2D eigenvalue weighted by Gasteiger charge is 2.38. The van der Waals surface area contributed by atoms with Gasteiger partial charge in [-0.2, -0.15) is 13.2 Å². The van der Waals surface area contributed by atoms with Crippen LogP contribution in [0.25, 0.3) is 0 Å². The van der Waals surface area contributed by atoms with Gasteiger partial charge in [-0.05, 0) is 18.2 Å². The normalized spacial score (nSPS) is 18.6. The van der Waals surface area contributed by atoms with E-state index in [1.54, 1.807) is 0 Å². The number of allylic oxidation sites excluding steroid dienone is 4. The van der Waals surface area contributed by atoms with Crippen LogP contribution in [0.5, 0.6) is 0 Å². The van der Waals surface area contributed by atoms with Gasteiger partial charge in [0.05, 0.1) is 0 Å². The number of carbonyl (C=O) groups is 2. The van der Waals surface area contributed by atoms with Gasteiger partial charge in [-0.3, -0.25) is 4.79 Å². The van der Waals surface area contributed by atoms with Crippen molar-refractivity contribution < 1.29 is 27.6 Å². The Balaban J connectivity index is 2.97. The van der Waals surface area contributed by atoms with Crippen LogP contribution in [0.4, 0.5) is 13.2 Å². The Morgan fingerprint density at radius 2 is 2.00 bits per heavy atom. The van der Waals surface area contributed by atoms with Crippen molar-refractivity contribution in [2.45, 2.75) is 13.1 Å². The van der Waals surface area contributed by atoms with E-state index in [1.807, 2.05) is 0 Å². The maximum absolute atomic E-state index is 12.3. The zero-order valence-electron chi connectivity index (χ0n) is 8.04. The van der Waals surface area contributed by atoms with Gasteiger partial charge in [0.15, 0.2) is 5.78 Å². The van der Waals surface area contributed by atoms with Crippen LogP contribution in [0.15, 0.2) is 29.0 Å². The van der Waals surface area contributed by atoms with E-state index in [4.69, 9.17) is 0 Å². The van der Waals surface area contributed by atoms with Crippen LogP contribution in [0.2, 0.25) is 0 Å². The molecule has 0 N–H and O–H groups in total. The van der Waals surface area contributed by atoms with Crippen molar-refractivity contribution in [3.8, 4) is 0 Å². The number of oxime groups is 1. The quantitative estimate of drug-likeness (QED) is 0.392. The first-order chi connectivity index (χ1) is 7.30. The zero-order valence-corrected chi connectivity index (χ0v) is 8.04. The van der Waals surface area contributed by atoms with Crippen molar-refractivity contribution in [2.24, 2.45) is 5.16 Å². The van der Waals surface area contributed by atoms with Crippen molar-refractivity contribution in [1.29, 1.82) is 0 Å². The highest BCUT2D eigenvalue weighted by atomic mass is 19.4. The van der Waals surface area contributed by atoms with Gasteiger partial charge in [0, 0.05) is 6.92 Å². The molecule has 0 bridgehead atoms. The monoisotopic (exact) mass is 233 g/mol. The Bertz CT molecular complexity index is 418. The zero-order chi connectivity index (χ0) is 12.3. The first-order valence-corrected chi connectivity index (χ1v) is 4.07. The van der Waals surface area contributed by atoms with Crippen LogP contribution in [0.1, 0.15) is 6.92 Å². The molecule has 4 nitrogen and oxygen atoms in total. The van der Waals surface area contributed by atoms with Crippen LogP contribution in [-0.4, -0.2) is 23.6 Å². The molecule has 0 heterocycles.